The summed E-state index contributed by atoms with van der Waals surface area (Å²) >= 11 is 0. The maximum atomic E-state index is 10.9. The summed E-state index contributed by atoms with van der Waals surface area (Å²) in [4.78, 5) is 14.0. The number of nitrogens with zero attached hydrogens (tertiary/aromatic N) is 4. The van der Waals surface area contributed by atoms with Crippen molar-refractivity contribution in [2.45, 2.75) is 0 Å². The molecular formula is C10H7N5O2. The molecule has 1 aromatic carbocycles. The summed E-state index contributed by atoms with van der Waals surface area (Å²) in [5.74, 6) is -1.38. The Morgan fingerprint density at radius 3 is 3.00 bits per heavy atom. The molecule has 0 bridgehead atoms. The number of carboxylic acids is 1. The highest BCUT2D eigenvalue weighted by molar-refractivity contribution is 5.90. The number of carboxylic acid groups (broad SMARTS) is 1. The van der Waals surface area contributed by atoms with E-state index < -0.39 is 5.97 Å². The van der Waals surface area contributed by atoms with Gasteiger partial charge in [-0.2, -0.15) is 4.68 Å². The molecule has 7 heteroatoms. The zero-order valence-electron chi connectivity index (χ0n) is 8.53. The van der Waals surface area contributed by atoms with Crippen LogP contribution in [0, 0.1) is 0 Å². The fraction of sp³-hybridized carbons (Fsp3) is 0. The lowest BCUT2D eigenvalue weighted by molar-refractivity contribution is 0.0680. The lowest BCUT2D eigenvalue weighted by Gasteiger charge is -1.98. The summed E-state index contributed by atoms with van der Waals surface area (Å²) in [5, 5.41) is 20.3. The molecule has 0 fully saturated rings. The lowest BCUT2D eigenvalue weighted by Crippen LogP contribution is -2.08. The number of para-hydroxylation sites is 1. The zero-order chi connectivity index (χ0) is 11.8. The van der Waals surface area contributed by atoms with Crippen LogP contribution >= 0.6 is 0 Å². The lowest BCUT2D eigenvalue weighted by atomic mass is 10.2. The molecule has 84 valence electrons. The molecule has 0 unspecified atom stereocenters. The van der Waals surface area contributed by atoms with Crippen molar-refractivity contribution in [2.75, 3.05) is 0 Å². The van der Waals surface area contributed by atoms with Crippen molar-refractivity contribution in [3.63, 3.8) is 0 Å². The predicted octanol–water partition coefficient (Wildman–Crippen LogP) is 0.842. The van der Waals surface area contributed by atoms with E-state index in [9.17, 15) is 4.79 Å². The second-order valence-electron chi connectivity index (χ2n) is 3.44. The van der Waals surface area contributed by atoms with E-state index in [0.717, 1.165) is 10.9 Å². The Morgan fingerprint density at radius 2 is 2.18 bits per heavy atom. The molecule has 2 N–H and O–H groups in total. The molecule has 0 amide bonds. The molecule has 3 aromatic rings. The van der Waals surface area contributed by atoms with Gasteiger partial charge in [-0.05, 0) is 16.5 Å². The molecule has 0 saturated heterocycles. The first-order valence-electron chi connectivity index (χ1n) is 4.85. The van der Waals surface area contributed by atoms with Gasteiger partial charge in [0.05, 0.1) is 5.69 Å². The number of hydrogen-bond donors (Lipinski definition) is 2. The molecule has 2 heterocycles. The number of aromatic nitrogens is 5. The van der Waals surface area contributed by atoms with Gasteiger partial charge >= 0.3 is 5.97 Å². The summed E-state index contributed by atoms with van der Waals surface area (Å²) in [7, 11) is 0. The number of carbonyl (C=O) groups is 1. The van der Waals surface area contributed by atoms with E-state index in [1.54, 1.807) is 6.20 Å². The van der Waals surface area contributed by atoms with Gasteiger partial charge < -0.3 is 10.1 Å². The van der Waals surface area contributed by atoms with Gasteiger partial charge in [0.2, 0.25) is 0 Å². The number of H-pyrrole nitrogens is 1. The highest BCUT2D eigenvalue weighted by Crippen LogP contribution is 2.21. The number of aromatic carboxylic acids is 1. The Bertz CT molecular complexity index is 699. The van der Waals surface area contributed by atoms with Crippen molar-refractivity contribution in [2.24, 2.45) is 0 Å². The molecule has 2 aromatic heterocycles. The van der Waals surface area contributed by atoms with E-state index in [4.69, 9.17) is 5.11 Å². The standard InChI is InChI=1S/C10H7N5O2/c16-10(17)9-12-13-14-15(9)8-5-11-7-4-2-1-3-6(7)8/h1-5,11H,(H,16,17). The molecular weight excluding hydrogens is 222 g/mol. The van der Waals surface area contributed by atoms with Gasteiger partial charge in [0.1, 0.15) is 0 Å². The monoisotopic (exact) mass is 229 g/mol. The third-order valence-corrected chi connectivity index (χ3v) is 2.46. The van der Waals surface area contributed by atoms with Crippen LogP contribution in [0.5, 0.6) is 0 Å². The Labute approximate surface area is 94.7 Å². The minimum atomic E-state index is -1.17. The summed E-state index contributed by atoms with van der Waals surface area (Å²) in [6, 6.07) is 7.52. The zero-order valence-corrected chi connectivity index (χ0v) is 8.53. The number of aromatic amines is 1. The van der Waals surface area contributed by atoms with Crippen LogP contribution in [0.2, 0.25) is 0 Å². The minimum Gasteiger partial charge on any atom is -0.475 e. The Morgan fingerprint density at radius 1 is 1.35 bits per heavy atom. The molecule has 0 saturated carbocycles. The summed E-state index contributed by atoms with van der Waals surface area (Å²) in [6.07, 6.45) is 1.67. The van der Waals surface area contributed by atoms with Crippen LogP contribution < -0.4 is 0 Å². The summed E-state index contributed by atoms with van der Waals surface area (Å²) in [6.45, 7) is 0. The van der Waals surface area contributed by atoms with Gasteiger partial charge in [-0.1, -0.05) is 18.2 Å². The second-order valence-corrected chi connectivity index (χ2v) is 3.44. The van der Waals surface area contributed by atoms with Gasteiger partial charge in [0.25, 0.3) is 5.82 Å². The van der Waals surface area contributed by atoms with Crippen LogP contribution in [0.1, 0.15) is 10.6 Å². The highest BCUT2D eigenvalue weighted by Gasteiger charge is 2.17. The quantitative estimate of drug-likeness (QED) is 0.678. The van der Waals surface area contributed by atoms with Crippen LogP contribution in [0.25, 0.3) is 16.6 Å². The third kappa shape index (κ3) is 1.36. The van der Waals surface area contributed by atoms with E-state index in [1.165, 1.54) is 4.68 Å². The van der Waals surface area contributed by atoms with E-state index in [0.29, 0.717) is 5.69 Å². The average Bonchev–Trinajstić information content (AvgIpc) is 2.94. The summed E-state index contributed by atoms with van der Waals surface area (Å²) in [5.41, 5.74) is 1.51. The number of benzene rings is 1. The topological polar surface area (TPSA) is 96.7 Å². The van der Waals surface area contributed by atoms with Crippen molar-refractivity contribution in [3.8, 4) is 5.69 Å². The molecule has 0 aliphatic heterocycles. The van der Waals surface area contributed by atoms with Crippen molar-refractivity contribution in [3.05, 3.63) is 36.3 Å². The maximum absolute atomic E-state index is 10.9. The normalized spacial score (nSPS) is 10.8. The van der Waals surface area contributed by atoms with Crippen LogP contribution in [0.15, 0.2) is 30.5 Å². The van der Waals surface area contributed by atoms with Gasteiger partial charge in [-0.3, -0.25) is 0 Å². The average molecular weight is 229 g/mol. The number of nitrogens with one attached hydrogen (secondary N) is 1. The maximum Gasteiger partial charge on any atom is 0.376 e. The van der Waals surface area contributed by atoms with Gasteiger partial charge in [0, 0.05) is 17.1 Å². The van der Waals surface area contributed by atoms with Crippen molar-refractivity contribution >= 4 is 16.9 Å². The molecule has 0 spiro atoms. The predicted molar refractivity (Wildman–Crippen MR) is 58.0 cm³/mol. The number of rotatable bonds is 2. The van der Waals surface area contributed by atoms with Crippen LogP contribution in [0.3, 0.4) is 0 Å². The minimum absolute atomic E-state index is 0.213. The summed E-state index contributed by atoms with van der Waals surface area (Å²) < 4.78 is 1.20. The molecule has 0 aliphatic carbocycles. The van der Waals surface area contributed by atoms with Crippen LogP contribution in [0.4, 0.5) is 0 Å². The molecule has 0 radical (unpaired) electrons. The van der Waals surface area contributed by atoms with Crippen molar-refractivity contribution < 1.29 is 9.90 Å². The first-order chi connectivity index (χ1) is 8.27. The highest BCUT2D eigenvalue weighted by atomic mass is 16.4. The van der Waals surface area contributed by atoms with E-state index in [2.05, 4.69) is 20.5 Å². The Kier molecular flexibility index (Phi) is 1.91. The molecule has 0 aliphatic rings. The first kappa shape index (κ1) is 9.52. The molecule has 7 nitrogen and oxygen atoms in total. The Hall–Kier alpha value is -2.70. The molecule has 3 rings (SSSR count). The largest absolute Gasteiger partial charge is 0.475 e. The van der Waals surface area contributed by atoms with Gasteiger partial charge in [-0.15, -0.1) is 5.10 Å². The smallest absolute Gasteiger partial charge is 0.376 e. The van der Waals surface area contributed by atoms with E-state index in [1.807, 2.05) is 24.3 Å². The van der Waals surface area contributed by atoms with Crippen molar-refractivity contribution in [1.82, 2.24) is 25.2 Å². The molecule has 0 atom stereocenters. The fourth-order valence-corrected chi connectivity index (χ4v) is 1.71. The third-order valence-electron chi connectivity index (χ3n) is 2.46. The molecule has 17 heavy (non-hydrogen) atoms. The first-order valence-corrected chi connectivity index (χ1v) is 4.85. The van der Waals surface area contributed by atoms with E-state index in [-0.39, 0.29) is 5.82 Å². The van der Waals surface area contributed by atoms with Gasteiger partial charge in [0.15, 0.2) is 0 Å². The fourth-order valence-electron chi connectivity index (χ4n) is 1.71. The number of fused-ring (bicyclic) bond motifs is 1. The number of tetrazole rings is 1. The Balaban J connectivity index is 2.28. The van der Waals surface area contributed by atoms with Crippen LogP contribution in [-0.2, 0) is 0 Å². The SMILES string of the molecule is O=C(O)c1nnnn1-c1c[nH]c2ccccc12. The van der Waals surface area contributed by atoms with Crippen molar-refractivity contribution in [1.29, 1.82) is 0 Å². The number of hydrogen-bond acceptors (Lipinski definition) is 4. The van der Waals surface area contributed by atoms with Crippen LogP contribution in [-0.4, -0.2) is 36.3 Å². The van der Waals surface area contributed by atoms with Gasteiger partial charge in [-0.25, -0.2) is 4.79 Å². The second kappa shape index (κ2) is 3.41. The van der Waals surface area contributed by atoms with E-state index >= 15 is 0 Å².